The highest BCUT2D eigenvalue weighted by Crippen LogP contribution is 2.29. The summed E-state index contributed by atoms with van der Waals surface area (Å²) in [4.78, 5) is 60.3. The van der Waals surface area contributed by atoms with Gasteiger partial charge < -0.3 is 9.84 Å². The van der Waals surface area contributed by atoms with E-state index in [9.17, 15) is 24.3 Å². The minimum absolute atomic E-state index is 0.0906. The molecule has 1 heterocycles. The summed E-state index contributed by atoms with van der Waals surface area (Å²) >= 11 is 0. The Morgan fingerprint density at radius 2 is 1.53 bits per heavy atom. The van der Waals surface area contributed by atoms with Crippen LogP contribution >= 0.6 is 0 Å². The fraction of sp³-hybridized carbons (Fsp3) is 0.500. The molecule has 30 heavy (non-hydrogen) atoms. The van der Waals surface area contributed by atoms with Crippen molar-refractivity contribution in [3.63, 3.8) is 0 Å². The second-order valence-electron chi connectivity index (χ2n) is 8.68. The van der Waals surface area contributed by atoms with E-state index in [-0.39, 0.29) is 17.5 Å². The molecule has 10 nitrogen and oxygen atoms in total. The molecule has 2 rings (SSSR count). The van der Waals surface area contributed by atoms with Gasteiger partial charge in [-0.15, -0.1) is 5.43 Å². The van der Waals surface area contributed by atoms with E-state index < -0.39 is 45.9 Å². The number of nitrogens with one attached hydrogen (secondary N) is 1. The number of fused-ring (bicyclic) bond motifs is 1. The third kappa shape index (κ3) is 4.84. The zero-order chi connectivity index (χ0) is 22.9. The van der Waals surface area contributed by atoms with Gasteiger partial charge in [0.2, 0.25) is 0 Å². The summed E-state index contributed by atoms with van der Waals surface area (Å²) in [6.45, 7) is 10.5. The third-order valence-electron chi connectivity index (χ3n) is 4.15. The van der Waals surface area contributed by atoms with Gasteiger partial charge in [-0.1, -0.05) is 12.1 Å². The van der Waals surface area contributed by atoms with Crippen molar-refractivity contribution in [3.8, 4) is 0 Å². The van der Waals surface area contributed by atoms with Crippen LogP contribution in [-0.2, 0) is 14.5 Å². The molecule has 0 aliphatic carbocycles. The SMILES string of the molecule is CC(CC(C)(C)OOC(C)(C)C)OC(=O)N[N+]1(C(=O)O)C(=O)c2ccccc2C1=O. The topological polar surface area (TPSA) is 128 Å². The highest BCUT2D eigenvalue weighted by atomic mass is 17.2. The summed E-state index contributed by atoms with van der Waals surface area (Å²) in [6, 6.07) is 5.63. The van der Waals surface area contributed by atoms with Gasteiger partial charge in [-0.2, -0.15) is 4.79 Å². The van der Waals surface area contributed by atoms with Crippen molar-refractivity contribution in [2.45, 2.75) is 65.3 Å². The van der Waals surface area contributed by atoms with Crippen LogP contribution in [-0.4, -0.2) is 51.0 Å². The smallest absolute Gasteiger partial charge is 0.443 e. The molecule has 1 aromatic rings. The Bertz CT molecular complexity index is 837. The molecule has 1 atom stereocenters. The number of quaternary nitrogens is 1. The van der Waals surface area contributed by atoms with E-state index in [0.29, 0.717) is 0 Å². The fourth-order valence-electron chi connectivity index (χ4n) is 2.98. The lowest BCUT2D eigenvalue weighted by Crippen LogP contribution is -2.66. The average Bonchev–Trinajstić information content (AvgIpc) is 2.82. The van der Waals surface area contributed by atoms with Crippen LogP contribution in [0.2, 0.25) is 0 Å². The summed E-state index contributed by atoms with van der Waals surface area (Å²) in [5, 5.41) is 9.62. The van der Waals surface area contributed by atoms with Crippen molar-refractivity contribution in [3.05, 3.63) is 35.4 Å². The van der Waals surface area contributed by atoms with Gasteiger partial charge in [-0.3, -0.25) is 0 Å². The average molecular weight is 423 g/mol. The molecule has 0 saturated carbocycles. The van der Waals surface area contributed by atoms with E-state index in [0.717, 1.165) is 0 Å². The molecule has 0 aromatic heterocycles. The van der Waals surface area contributed by atoms with Crippen LogP contribution < -0.4 is 5.43 Å². The van der Waals surface area contributed by atoms with E-state index in [1.165, 1.54) is 24.3 Å². The molecule has 1 aromatic carbocycles. The predicted molar refractivity (Wildman–Crippen MR) is 103 cm³/mol. The van der Waals surface area contributed by atoms with Crippen LogP contribution in [0.1, 0.15) is 68.7 Å². The van der Waals surface area contributed by atoms with Crippen molar-refractivity contribution in [1.82, 2.24) is 5.43 Å². The van der Waals surface area contributed by atoms with Gasteiger partial charge in [-0.25, -0.2) is 24.2 Å². The van der Waals surface area contributed by atoms with Crippen LogP contribution in [0.25, 0.3) is 0 Å². The number of carboxylic acid groups (broad SMARTS) is 1. The third-order valence-corrected chi connectivity index (χ3v) is 4.15. The zero-order valence-electron chi connectivity index (χ0n) is 17.8. The molecule has 1 unspecified atom stereocenters. The molecule has 1 aliphatic heterocycles. The maximum atomic E-state index is 12.7. The summed E-state index contributed by atoms with van der Waals surface area (Å²) in [6.07, 6.45) is -3.61. The number of amides is 4. The zero-order valence-corrected chi connectivity index (χ0v) is 17.8. The number of hydrogen-bond acceptors (Lipinski definition) is 7. The lowest BCUT2D eigenvalue weighted by molar-refractivity contribution is -0.727. The quantitative estimate of drug-likeness (QED) is 0.319. The Morgan fingerprint density at radius 3 is 1.97 bits per heavy atom. The second-order valence-corrected chi connectivity index (χ2v) is 8.68. The highest BCUT2D eigenvalue weighted by Gasteiger charge is 2.63. The summed E-state index contributed by atoms with van der Waals surface area (Å²) in [7, 11) is 0. The molecule has 164 valence electrons. The highest BCUT2D eigenvalue weighted by molar-refractivity contribution is 6.18. The molecule has 0 bridgehead atoms. The molecule has 2 N–H and O–H groups in total. The lowest BCUT2D eigenvalue weighted by Gasteiger charge is -2.30. The van der Waals surface area contributed by atoms with E-state index in [2.05, 4.69) is 0 Å². The largest absolute Gasteiger partial charge is 0.555 e. The van der Waals surface area contributed by atoms with Gasteiger partial charge in [-0.05, 0) is 53.7 Å². The van der Waals surface area contributed by atoms with E-state index in [1.54, 1.807) is 20.8 Å². The first-order chi connectivity index (χ1) is 13.7. The Kier molecular flexibility index (Phi) is 6.36. The summed E-state index contributed by atoms with van der Waals surface area (Å²) < 4.78 is 3.26. The fourth-order valence-corrected chi connectivity index (χ4v) is 2.98. The summed E-state index contributed by atoms with van der Waals surface area (Å²) in [5.41, 5.74) is 0.364. The first-order valence-electron chi connectivity index (χ1n) is 9.37. The number of benzene rings is 1. The Balaban J connectivity index is 2.10. The Labute approximate surface area is 174 Å². The number of carbonyl (C=O) groups is 4. The van der Waals surface area contributed by atoms with Crippen LogP contribution in [0.4, 0.5) is 9.59 Å². The van der Waals surface area contributed by atoms with Gasteiger partial charge in [0.1, 0.15) is 11.7 Å². The van der Waals surface area contributed by atoms with Crippen molar-refractivity contribution in [1.29, 1.82) is 0 Å². The number of nitrogens with zero attached hydrogens (tertiary/aromatic N) is 1. The monoisotopic (exact) mass is 423 g/mol. The number of ether oxygens (including phenoxy) is 1. The minimum Gasteiger partial charge on any atom is -0.443 e. The summed E-state index contributed by atoms with van der Waals surface area (Å²) in [5.74, 6) is -2.15. The molecule has 0 saturated heterocycles. The second kappa shape index (κ2) is 8.13. The molecule has 0 radical (unpaired) electrons. The van der Waals surface area contributed by atoms with Crippen LogP contribution in [0.3, 0.4) is 0 Å². The Hall–Kier alpha value is -2.82. The molecule has 0 spiro atoms. The van der Waals surface area contributed by atoms with Crippen LogP contribution in [0.15, 0.2) is 24.3 Å². The first kappa shape index (κ1) is 23.5. The van der Waals surface area contributed by atoms with Gasteiger partial charge >= 0.3 is 24.0 Å². The molecule has 1 aliphatic rings. The lowest BCUT2D eigenvalue weighted by atomic mass is 10.0. The van der Waals surface area contributed by atoms with Gasteiger partial charge in [0, 0.05) is 11.0 Å². The van der Waals surface area contributed by atoms with Crippen LogP contribution in [0.5, 0.6) is 0 Å². The minimum atomic E-state index is -1.92. The Morgan fingerprint density at radius 1 is 1.03 bits per heavy atom. The maximum absolute atomic E-state index is 12.7. The number of hydrogen-bond donors (Lipinski definition) is 2. The molecular weight excluding hydrogens is 396 g/mol. The van der Waals surface area contributed by atoms with Crippen molar-refractivity contribution in [2.75, 3.05) is 0 Å². The van der Waals surface area contributed by atoms with Gasteiger partial charge in [0.05, 0.1) is 16.7 Å². The normalized spacial score (nSPS) is 16.7. The van der Waals surface area contributed by atoms with Gasteiger partial charge in [0.15, 0.2) is 0 Å². The van der Waals surface area contributed by atoms with E-state index >= 15 is 0 Å². The molecule has 0 fully saturated rings. The first-order valence-corrected chi connectivity index (χ1v) is 9.37. The standard InChI is InChI=1S/C20H26N2O8/c1-12(11-20(5,6)30-29-19(2,3)4)28-17(25)21-22(18(26)27)15(23)13-9-7-8-10-14(13)16(22)24/h7-10,12H,11H2,1-6H3,(H-,21,25,26,27)/p+1. The van der Waals surface area contributed by atoms with Crippen molar-refractivity contribution < 1.29 is 43.4 Å². The molecule has 10 heteroatoms. The van der Waals surface area contributed by atoms with E-state index in [1.807, 2.05) is 26.2 Å². The van der Waals surface area contributed by atoms with E-state index in [4.69, 9.17) is 14.5 Å². The predicted octanol–water partition coefficient (Wildman–Crippen LogP) is 3.42. The maximum Gasteiger partial charge on any atom is 0.555 e. The van der Waals surface area contributed by atoms with Crippen molar-refractivity contribution in [2.24, 2.45) is 0 Å². The number of imide groups is 3. The van der Waals surface area contributed by atoms with Crippen molar-refractivity contribution >= 4 is 24.0 Å². The van der Waals surface area contributed by atoms with Crippen LogP contribution in [0, 0.1) is 0 Å². The molecule has 4 amide bonds. The number of carbonyl (C=O) groups excluding carboxylic acids is 3. The molecular formula is C20H27N2O8+. The number of rotatable bonds is 5. The van der Waals surface area contributed by atoms with Gasteiger partial charge in [0.25, 0.3) is 0 Å².